The summed E-state index contributed by atoms with van der Waals surface area (Å²) >= 11 is 0. The van der Waals surface area contributed by atoms with Crippen LogP contribution in [0, 0.1) is 0 Å². The molecule has 0 spiro atoms. The average Bonchev–Trinajstić information content (AvgIpc) is 2.65. The van der Waals surface area contributed by atoms with E-state index in [9.17, 15) is 4.79 Å². The molecule has 160 valence electrons. The first-order chi connectivity index (χ1) is 13.1. The first kappa shape index (κ1) is 26.4. The van der Waals surface area contributed by atoms with Crippen LogP contribution in [0.25, 0.3) is 0 Å². The molecule has 7 nitrogen and oxygen atoms in total. The Labute approximate surface area is 186 Å². The Morgan fingerprint density at radius 1 is 1.14 bits per heavy atom. The number of aliphatic imine (C=N–C) groups is 1. The minimum Gasteiger partial charge on any atom is -0.495 e. The van der Waals surface area contributed by atoms with Gasteiger partial charge < -0.3 is 25.4 Å². The number of methoxy groups -OCH3 is 1. The Bertz CT molecular complexity index is 597. The Hall–Kier alpha value is -1.55. The van der Waals surface area contributed by atoms with Crippen LogP contribution in [0.3, 0.4) is 0 Å². The van der Waals surface area contributed by atoms with Crippen molar-refractivity contribution < 1.29 is 14.3 Å². The summed E-state index contributed by atoms with van der Waals surface area (Å²) in [4.78, 5) is 16.0. The highest BCUT2D eigenvalue weighted by Gasteiger charge is 2.06. The van der Waals surface area contributed by atoms with Crippen molar-refractivity contribution in [1.82, 2.24) is 10.6 Å². The summed E-state index contributed by atoms with van der Waals surface area (Å²) in [5.41, 5.74) is 1.64. The monoisotopic (exact) mass is 506 g/mol. The van der Waals surface area contributed by atoms with Gasteiger partial charge in [0, 0.05) is 33.2 Å². The maximum atomic E-state index is 11.3. The highest BCUT2D eigenvalue weighted by Crippen LogP contribution is 2.25. The van der Waals surface area contributed by atoms with Crippen LogP contribution in [-0.4, -0.2) is 45.3 Å². The molecular weight excluding hydrogens is 471 g/mol. The van der Waals surface area contributed by atoms with Gasteiger partial charge in [0.15, 0.2) is 5.96 Å². The van der Waals surface area contributed by atoms with Gasteiger partial charge >= 0.3 is 0 Å². The molecule has 0 radical (unpaired) electrons. The summed E-state index contributed by atoms with van der Waals surface area (Å²) in [6, 6.07) is 5.66. The number of carbonyl (C=O) groups is 1. The van der Waals surface area contributed by atoms with Crippen LogP contribution in [0.4, 0.5) is 5.69 Å². The Balaban J connectivity index is 0.00000729. The molecule has 1 rings (SSSR count). The number of nitrogens with zero attached hydrogens (tertiary/aromatic N) is 1. The quantitative estimate of drug-likeness (QED) is 0.175. The average molecular weight is 506 g/mol. The lowest BCUT2D eigenvalue weighted by atomic mass is 10.2. The maximum Gasteiger partial charge on any atom is 0.221 e. The number of guanidine groups is 1. The molecule has 0 fully saturated rings. The Morgan fingerprint density at radius 3 is 2.54 bits per heavy atom. The van der Waals surface area contributed by atoms with E-state index in [1.807, 2.05) is 25.1 Å². The molecule has 8 heteroatoms. The number of unbranched alkanes of at least 4 members (excludes halogenated alkanes) is 1. The summed E-state index contributed by atoms with van der Waals surface area (Å²) in [6.45, 7) is 9.35. The van der Waals surface area contributed by atoms with Gasteiger partial charge in [-0.15, -0.1) is 24.0 Å². The molecule has 0 atom stereocenters. The molecule has 1 aromatic carbocycles. The van der Waals surface area contributed by atoms with E-state index in [2.05, 4.69) is 27.9 Å². The number of nitrogens with one attached hydrogen (secondary N) is 3. The van der Waals surface area contributed by atoms with Gasteiger partial charge in [-0.1, -0.05) is 19.4 Å². The molecule has 0 unspecified atom stereocenters. The van der Waals surface area contributed by atoms with Gasteiger partial charge in [0.05, 0.1) is 19.3 Å². The third-order valence-electron chi connectivity index (χ3n) is 3.74. The predicted molar refractivity (Wildman–Crippen MR) is 126 cm³/mol. The van der Waals surface area contributed by atoms with Crippen LogP contribution in [0.1, 0.15) is 45.6 Å². The van der Waals surface area contributed by atoms with Crippen molar-refractivity contribution in [3.63, 3.8) is 0 Å². The smallest absolute Gasteiger partial charge is 0.221 e. The lowest BCUT2D eigenvalue weighted by Gasteiger charge is -2.13. The van der Waals surface area contributed by atoms with Gasteiger partial charge in [-0.2, -0.15) is 0 Å². The molecule has 0 aromatic heterocycles. The maximum absolute atomic E-state index is 11.3. The summed E-state index contributed by atoms with van der Waals surface area (Å²) in [6.07, 6.45) is 3.20. The summed E-state index contributed by atoms with van der Waals surface area (Å²) in [5, 5.41) is 9.34. The predicted octanol–water partition coefficient (Wildman–Crippen LogP) is 3.53. The van der Waals surface area contributed by atoms with Crippen LogP contribution in [-0.2, 0) is 16.1 Å². The fourth-order valence-corrected chi connectivity index (χ4v) is 2.38. The fourth-order valence-electron chi connectivity index (χ4n) is 2.38. The van der Waals surface area contributed by atoms with E-state index in [1.54, 1.807) is 7.11 Å². The molecule has 0 aliphatic heterocycles. The number of hydrogen-bond acceptors (Lipinski definition) is 4. The number of amides is 1. The zero-order valence-electron chi connectivity index (χ0n) is 17.5. The van der Waals surface area contributed by atoms with Crippen LogP contribution in [0.2, 0.25) is 0 Å². The lowest BCUT2D eigenvalue weighted by molar-refractivity contribution is -0.114. The molecule has 1 aromatic rings. The highest BCUT2D eigenvalue weighted by molar-refractivity contribution is 14.0. The van der Waals surface area contributed by atoms with Crippen LogP contribution < -0.4 is 20.7 Å². The van der Waals surface area contributed by atoms with Crippen molar-refractivity contribution in [2.24, 2.45) is 4.99 Å². The standard InChI is InChI=1S/C20H34N4O3.HI/c1-5-7-12-27-13-8-11-22-20(21-6-2)23-15-17-9-10-19(26-4)18(14-17)24-16(3)25;/h9-10,14H,5-8,11-13,15H2,1-4H3,(H,24,25)(H2,21,22,23);1H. The summed E-state index contributed by atoms with van der Waals surface area (Å²) in [7, 11) is 1.58. The minimum atomic E-state index is -0.134. The molecule has 0 aliphatic carbocycles. The van der Waals surface area contributed by atoms with Crippen LogP contribution >= 0.6 is 24.0 Å². The minimum absolute atomic E-state index is 0. The number of hydrogen-bond donors (Lipinski definition) is 3. The van der Waals surface area contributed by atoms with Crippen molar-refractivity contribution in [1.29, 1.82) is 0 Å². The number of halogens is 1. The van der Waals surface area contributed by atoms with E-state index >= 15 is 0 Å². The molecule has 0 saturated carbocycles. The molecule has 28 heavy (non-hydrogen) atoms. The largest absolute Gasteiger partial charge is 0.495 e. The second kappa shape index (κ2) is 16.4. The second-order valence-electron chi connectivity index (χ2n) is 6.16. The van der Waals surface area contributed by atoms with Crippen molar-refractivity contribution in [3.8, 4) is 5.75 Å². The third-order valence-corrected chi connectivity index (χ3v) is 3.74. The van der Waals surface area contributed by atoms with Crippen molar-refractivity contribution in [3.05, 3.63) is 23.8 Å². The number of rotatable bonds is 12. The number of anilines is 1. The number of benzene rings is 1. The van der Waals surface area contributed by atoms with Gasteiger partial charge in [-0.25, -0.2) is 4.99 Å². The summed E-state index contributed by atoms with van der Waals surface area (Å²) < 4.78 is 10.8. The third kappa shape index (κ3) is 11.3. The van der Waals surface area contributed by atoms with E-state index in [0.717, 1.165) is 57.1 Å². The van der Waals surface area contributed by atoms with Crippen molar-refractivity contribution >= 4 is 41.5 Å². The molecule has 3 N–H and O–H groups in total. The highest BCUT2D eigenvalue weighted by atomic mass is 127. The molecule has 1 amide bonds. The lowest BCUT2D eigenvalue weighted by Crippen LogP contribution is -2.38. The Kier molecular flexibility index (Phi) is 15.5. The molecule has 0 bridgehead atoms. The van der Waals surface area contributed by atoms with E-state index in [0.29, 0.717) is 18.0 Å². The van der Waals surface area contributed by atoms with Crippen LogP contribution in [0.15, 0.2) is 23.2 Å². The number of ether oxygens (including phenoxy) is 2. The first-order valence-electron chi connectivity index (χ1n) is 9.65. The van der Waals surface area contributed by atoms with Crippen molar-refractivity contribution in [2.75, 3.05) is 38.7 Å². The van der Waals surface area contributed by atoms with Crippen molar-refractivity contribution in [2.45, 2.75) is 46.6 Å². The molecule has 0 heterocycles. The van der Waals surface area contributed by atoms with E-state index in [4.69, 9.17) is 9.47 Å². The normalized spacial score (nSPS) is 10.8. The zero-order valence-corrected chi connectivity index (χ0v) is 19.8. The van der Waals surface area contributed by atoms with E-state index in [1.165, 1.54) is 6.92 Å². The zero-order chi connectivity index (χ0) is 19.9. The SMILES string of the molecule is CCCCOCCCNC(=NCc1ccc(OC)c(NC(C)=O)c1)NCC.I. The second-order valence-corrected chi connectivity index (χ2v) is 6.16. The molecule has 0 aliphatic rings. The van der Waals surface area contributed by atoms with Gasteiger partial charge in [-0.05, 0) is 37.5 Å². The van der Waals surface area contributed by atoms with Gasteiger partial charge in [0.2, 0.25) is 5.91 Å². The number of carbonyl (C=O) groups excluding carboxylic acids is 1. The molecular formula is C20H35IN4O3. The fraction of sp³-hybridized carbons (Fsp3) is 0.600. The van der Waals surface area contributed by atoms with E-state index in [-0.39, 0.29) is 29.9 Å². The van der Waals surface area contributed by atoms with E-state index < -0.39 is 0 Å². The first-order valence-corrected chi connectivity index (χ1v) is 9.65. The summed E-state index contributed by atoms with van der Waals surface area (Å²) in [5.74, 6) is 1.26. The van der Waals surface area contributed by atoms with Crippen LogP contribution in [0.5, 0.6) is 5.75 Å². The molecule has 0 saturated heterocycles. The van der Waals surface area contributed by atoms with Gasteiger partial charge in [0.1, 0.15) is 5.75 Å². The Morgan fingerprint density at radius 2 is 1.89 bits per heavy atom. The topological polar surface area (TPSA) is 84.0 Å². The van der Waals surface area contributed by atoms with Gasteiger partial charge in [-0.3, -0.25) is 4.79 Å². The van der Waals surface area contributed by atoms with Gasteiger partial charge in [0.25, 0.3) is 0 Å².